The summed E-state index contributed by atoms with van der Waals surface area (Å²) < 4.78 is 45.3. The van der Waals surface area contributed by atoms with E-state index in [0.29, 0.717) is 31.8 Å². The van der Waals surface area contributed by atoms with Crippen LogP contribution < -0.4 is 9.64 Å². The highest BCUT2D eigenvalue weighted by atomic mass is 19.4. The largest absolute Gasteiger partial charge is 0.494 e. The molecule has 0 radical (unpaired) electrons. The Balaban J connectivity index is 1.65. The van der Waals surface area contributed by atoms with Gasteiger partial charge in [0.2, 0.25) is 0 Å². The fourth-order valence-corrected chi connectivity index (χ4v) is 3.57. The fourth-order valence-electron chi connectivity index (χ4n) is 3.57. The molecule has 1 aliphatic heterocycles. The van der Waals surface area contributed by atoms with Crippen molar-refractivity contribution in [3.05, 3.63) is 59.2 Å². The highest BCUT2D eigenvalue weighted by molar-refractivity contribution is 5.56. The first-order chi connectivity index (χ1) is 13.9. The predicted octanol–water partition coefficient (Wildman–Crippen LogP) is 4.72. The van der Waals surface area contributed by atoms with Crippen LogP contribution in [0.5, 0.6) is 5.75 Å². The lowest BCUT2D eigenvalue weighted by Crippen LogP contribution is -2.20. The molecule has 0 saturated carbocycles. The number of ether oxygens (including phenoxy) is 1. The molecule has 154 valence electrons. The molecule has 0 aliphatic carbocycles. The first kappa shape index (κ1) is 21.0. The molecule has 7 heteroatoms. The van der Waals surface area contributed by atoms with Crippen LogP contribution in [-0.4, -0.2) is 31.4 Å². The van der Waals surface area contributed by atoms with Gasteiger partial charge in [-0.05, 0) is 55.2 Å². The number of alkyl halides is 3. The van der Waals surface area contributed by atoms with E-state index in [0.717, 1.165) is 30.2 Å². The van der Waals surface area contributed by atoms with Crippen LogP contribution >= 0.6 is 0 Å². The lowest BCUT2D eigenvalue weighted by Gasteiger charge is -2.21. The van der Waals surface area contributed by atoms with Crippen molar-refractivity contribution in [2.24, 2.45) is 0 Å². The van der Waals surface area contributed by atoms with Crippen LogP contribution in [0.4, 0.5) is 18.9 Å². The van der Waals surface area contributed by atoms with Crippen molar-refractivity contribution in [2.75, 3.05) is 31.2 Å². The average molecular weight is 404 g/mol. The van der Waals surface area contributed by atoms with E-state index in [1.165, 1.54) is 6.07 Å². The second kappa shape index (κ2) is 9.19. The van der Waals surface area contributed by atoms with Gasteiger partial charge in [0.15, 0.2) is 0 Å². The van der Waals surface area contributed by atoms with Crippen LogP contribution in [0.15, 0.2) is 42.5 Å². The summed E-state index contributed by atoms with van der Waals surface area (Å²) in [6.07, 6.45) is -2.20. The summed E-state index contributed by atoms with van der Waals surface area (Å²) in [6, 6.07) is 13.3. The molecule has 3 rings (SSSR count). The number of anilines is 1. The first-order valence-electron chi connectivity index (χ1n) is 9.62. The monoisotopic (exact) mass is 404 g/mol. The molecule has 2 aromatic rings. The minimum Gasteiger partial charge on any atom is -0.494 e. The molecule has 1 aliphatic rings. The zero-order valence-electron chi connectivity index (χ0n) is 16.0. The predicted molar refractivity (Wildman–Crippen MR) is 104 cm³/mol. The summed E-state index contributed by atoms with van der Waals surface area (Å²) in [4.78, 5) is 1.93. The highest BCUT2D eigenvalue weighted by Crippen LogP contribution is 2.37. The molecule has 0 bridgehead atoms. The number of nitrogens with zero attached hydrogens (tertiary/aromatic N) is 2. The number of aliphatic hydroxyl groups excluding tert-OH is 1. The van der Waals surface area contributed by atoms with Crippen molar-refractivity contribution < 1.29 is 23.0 Å². The van der Waals surface area contributed by atoms with E-state index < -0.39 is 11.7 Å². The molecular formula is C22H23F3N2O2. The molecule has 0 amide bonds. The van der Waals surface area contributed by atoms with Gasteiger partial charge in [0, 0.05) is 31.3 Å². The SMILES string of the molecule is N#Cc1ccc(N2CC[C@H](c3ccc(OCCCCO)cc3)C2)cc1C(F)(F)F. The van der Waals surface area contributed by atoms with Gasteiger partial charge in [-0.1, -0.05) is 12.1 Å². The number of unbranched alkanes of at least 4 members (excludes halogenated alkanes) is 1. The molecule has 1 fully saturated rings. The topological polar surface area (TPSA) is 56.5 Å². The van der Waals surface area contributed by atoms with E-state index >= 15 is 0 Å². The maximum Gasteiger partial charge on any atom is 0.417 e. The molecule has 1 atom stereocenters. The van der Waals surface area contributed by atoms with Crippen LogP contribution in [0, 0.1) is 11.3 Å². The van der Waals surface area contributed by atoms with Gasteiger partial charge in [-0.25, -0.2) is 0 Å². The summed E-state index contributed by atoms with van der Waals surface area (Å²) in [7, 11) is 0. The Morgan fingerprint density at radius 3 is 2.55 bits per heavy atom. The molecule has 29 heavy (non-hydrogen) atoms. The maximum atomic E-state index is 13.2. The third-order valence-electron chi connectivity index (χ3n) is 5.16. The Bertz CT molecular complexity index is 860. The number of hydrogen-bond acceptors (Lipinski definition) is 4. The van der Waals surface area contributed by atoms with Gasteiger partial charge >= 0.3 is 6.18 Å². The van der Waals surface area contributed by atoms with E-state index in [1.807, 2.05) is 29.2 Å². The number of halogens is 3. The summed E-state index contributed by atoms with van der Waals surface area (Å²) in [5, 5.41) is 17.7. The van der Waals surface area contributed by atoms with Crippen LogP contribution in [-0.2, 0) is 6.18 Å². The number of hydrogen-bond donors (Lipinski definition) is 1. The lowest BCUT2D eigenvalue weighted by molar-refractivity contribution is -0.137. The fraction of sp³-hybridized carbons (Fsp3) is 0.409. The van der Waals surface area contributed by atoms with E-state index in [1.54, 1.807) is 12.1 Å². The summed E-state index contributed by atoms with van der Waals surface area (Å²) >= 11 is 0. The Morgan fingerprint density at radius 2 is 1.90 bits per heavy atom. The molecule has 0 aromatic heterocycles. The van der Waals surface area contributed by atoms with Gasteiger partial charge in [0.1, 0.15) is 5.75 Å². The number of rotatable bonds is 7. The molecule has 1 N–H and O–H groups in total. The van der Waals surface area contributed by atoms with Crippen LogP contribution in [0.25, 0.3) is 0 Å². The Morgan fingerprint density at radius 1 is 1.14 bits per heavy atom. The quantitative estimate of drug-likeness (QED) is 0.679. The molecule has 0 spiro atoms. The Labute approximate surface area is 168 Å². The van der Waals surface area contributed by atoms with Crippen molar-refractivity contribution >= 4 is 5.69 Å². The molecule has 1 saturated heterocycles. The Kier molecular flexibility index (Phi) is 6.65. The van der Waals surface area contributed by atoms with Gasteiger partial charge < -0.3 is 14.7 Å². The first-order valence-corrected chi connectivity index (χ1v) is 9.62. The van der Waals surface area contributed by atoms with Gasteiger partial charge in [-0.3, -0.25) is 0 Å². The number of benzene rings is 2. The van der Waals surface area contributed by atoms with Gasteiger partial charge in [0.05, 0.1) is 23.8 Å². The molecular weight excluding hydrogens is 381 g/mol. The van der Waals surface area contributed by atoms with Crippen LogP contribution in [0.3, 0.4) is 0 Å². The van der Waals surface area contributed by atoms with Gasteiger partial charge in [-0.15, -0.1) is 0 Å². The van der Waals surface area contributed by atoms with Crippen molar-refractivity contribution in [3.8, 4) is 11.8 Å². The van der Waals surface area contributed by atoms with Crippen molar-refractivity contribution in [1.29, 1.82) is 5.26 Å². The smallest absolute Gasteiger partial charge is 0.417 e. The van der Waals surface area contributed by atoms with E-state index in [9.17, 15) is 13.2 Å². The zero-order chi connectivity index (χ0) is 20.9. The maximum absolute atomic E-state index is 13.2. The molecule has 2 aromatic carbocycles. The van der Waals surface area contributed by atoms with Gasteiger partial charge in [0.25, 0.3) is 0 Å². The second-order valence-corrected chi connectivity index (χ2v) is 7.12. The van der Waals surface area contributed by atoms with Crippen LogP contribution in [0.2, 0.25) is 0 Å². The Hall–Kier alpha value is -2.72. The lowest BCUT2D eigenvalue weighted by atomic mass is 9.98. The third-order valence-corrected chi connectivity index (χ3v) is 5.16. The van der Waals surface area contributed by atoms with Crippen molar-refractivity contribution in [1.82, 2.24) is 0 Å². The summed E-state index contributed by atoms with van der Waals surface area (Å²) in [5.41, 5.74) is 0.373. The van der Waals surface area contributed by atoms with E-state index in [2.05, 4.69) is 0 Å². The summed E-state index contributed by atoms with van der Waals surface area (Å²) in [5.74, 6) is 0.992. The zero-order valence-corrected chi connectivity index (χ0v) is 16.0. The standard InChI is InChI=1S/C22H23F3N2O2/c23-22(24,25)21-13-19(6-3-17(21)14-26)27-10-9-18(15-27)16-4-7-20(8-5-16)29-12-2-1-11-28/h3-8,13,18,28H,1-2,9-12,15H2/t18-/m0/s1. The second-order valence-electron chi connectivity index (χ2n) is 7.12. The minimum absolute atomic E-state index is 0.157. The van der Waals surface area contributed by atoms with E-state index in [4.69, 9.17) is 15.1 Å². The summed E-state index contributed by atoms with van der Waals surface area (Å²) in [6.45, 7) is 1.99. The van der Waals surface area contributed by atoms with Crippen molar-refractivity contribution in [2.45, 2.75) is 31.4 Å². The van der Waals surface area contributed by atoms with Gasteiger partial charge in [-0.2, -0.15) is 18.4 Å². The number of nitriles is 1. The third kappa shape index (κ3) is 5.21. The normalized spacial score (nSPS) is 16.7. The molecule has 1 heterocycles. The van der Waals surface area contributed by atoms with Crippen molar-refractivity contribution in [3.63, 3.8) is 0 Å². The highest BCUT2D eigenvalue weighted by Gasteiger charge is 2.35. The average Bonchev–Trinajstić information content (AvgIpc) is 3.21. The minimum atomic E-state index is -4.55. The number of aliphatic hydroxyl groups is 1. The molecule has 0 unspecified atom stereocenters. The van der Waals surface area contributed by atoms with E-state index in [-0.39, 0.29) is 18.1 Å². The molecule has 4 nitrogen and oxygen atoms in total. The van der Waals surface area contributed by atoms with Crippen LogP contribution in [0.1, 0.15) is 41.9 Å².